The van der Waals surface area contributed by atoms with E-state index < -0.39 is 0 Å². The quantitative estimate of drug-likeness (QED) is 0.697. The first-order chi connectivity index (χ1) is 8.34. The van der Waals surface area contributed by atoms with Gasteiger partial charge in [0.15, 0.2) is 0 Å². The molecule has 84 valence electrons. The minimum atomic E-state index is 0.444. The molecule has 3 aromatic rings. The summed E-state index contributed by atoms with van der Waals surface area (Å²) in [6.07, 6.45) is 0. The molecule has 2 heterocycles. The number of hydrogen-bond acceptors (Lipinski definition) is 4. The highest BCUT2D eigenvalue weighted by atomic mass is 35.5. The Morgan fingerprint density at radius 1 is 1.12 bits per heavy atom. The number of rotatable bonds is 2. The highest BCUT2D eigenvalue weighted by Gasteiger charge is 2.13. The fourth-order valence-electron chi connectivity index (χ4n) is 1.47. The van der Waals surface area contributed by atoms with Crippen LogP contribution < -0.4 is 0 Å². The third kappa shape index (κ3) is 1.97. The molecule has 0 amide bonds. The molecule has 3 nitrogen and oxygen atoms in total. The van der Waals surface area contributed by atoms with E-state index in [1.807, 2.05) is 35.7 Å². The summed E-state index contributed by atoms with van der Waals surface area (Å²) in [5, 5.41) is 6.52. The number of aromatic nitrogens is 2. The fourth-order valence-corrected chi connectivity index (χ4v) is 2.34. The lowest BCUT2D eigenvalue weighted by molar-refractivity contribution is 0.432. The second kappa shape index (κ2) is 4.31. The molecule has 0 spiro atoms. The van der Waals surface area contributed by atoms with E-state index in [9.17, 15) is 0 Å². The van der Waals surface area contributed by atoms with Crippen LogP contribution in [0.15, 0.2) is 46.3 Å². The summed E-state index contributed by atoms with van der Waals surface area (Å²) in [7, 11) is 0. The fraction of sp³-hybridized carbons (Fsp3) is 0. The van der Waals surface area contributed by atoms with E-state index in [4.69, 9.17) is 16.1 Å². The van der Waals surface area contributed by atoms with Gasteiger partial charge in [-0.05, 0) is 23.6 Å². The van der Waals surface area contributed by atoms with Crippen LogP contribution in [-0.2, 0) is 0 Å². The number of benzene rings is 1. The Kier molecular flexibility index (Phi) is 2.66. The molecular weight excluding hydrogens is 256 g/mol. The van der Waals surface area contributed by atoms with Gasteiger partial charge in [-0.25, -0.2) is 0 Å². The van der Waals surface area contributed by atoms with Gasteiger partial charge in [0.25, 0.3) is 5.89 Å². The monoisotopic (exact) mass is 262 g/mol. The number of halogens is 1. The molecule has 0 aliphatic heterocycles. The van der Waals surface area contributed by atoms with Gasteiger partial charge in [-0.2, -0.15) is 4.98 Å². The zero-order valence-electron chi connectivity index (χ0n) is 8.63. The lowest BCUT2D eigenvalue weighted by Gasteiger charge is -1.95. The van der Waals surface area contributed by atoms with Crippen molar-refractivity contribution in [2.45, 2.75) is 0 Å². The predicted octanol–water partition coefficient (Wildman–Crippen LogP) is 4.12. The van der Waals surface area contributed by atoms with E-state index in [2.05, 4.69) is 10.1 Å². The third-order valence-electron chi connectivity index (χ3n) is 2.27. The first-order valence-electron chi connectivity index (χ1n) is 4.97. The first-order valence-corrected chi connectivity index (χ1v) is 6.23. The second-order valence-corrected chi connectivity index (χ2v) is 4.74. The SMILES string of the molecule is Clc1ccccc1-c1nc(-c2cccs2)no1. The zero-order chi connectivity index (χ0) is 11.7. The Morgan fingerprint density at radius 3 is 2.76 bits per heavy atom. The van der Waals surface area contributed by atoms with Crippen molar-refractivity contribution in [1.82, 2.24) is 10.1 Å². The highest BCUT2D eigenvalue weighted by Crippen LogP contribution is 2.29. The van der Waals surface area contributed by atoms with Crippen molar-refractivity contribution in [3.63, 3.8) is 0 Å². The molecule has 0 saturated heterocycles. The second-order valence-electron chi connectivity index (χ2n) is 3.38. The maximum absolute atomic E-state index is 6.07. The van der Waals surface area contributed by atoms with Crippen LogP contribution in [0.25, 0.3) is 22.2 Å². The van der Waals surface area contributed by atoms with Gasteiger partial charge in [0.2, 0.25) is 5.82 Å². The van der Waals surface area contributed by atoms with Crippen molar-refractivity contribution in [3.8, 4) is 22.2 Å². The smallest absolute Gasteiger partial charge is 0.259 e. The average molecular weight is 263 g/mol. The Morgan fingerprint density at radius 2 is 2.00 bits per heavy atom. The lowest BCUT2D eigenvalue weighted by atomic mass is 10.2. The van der Waals surface area contributed by atoms with Crippen molar-refractivity contribution in [2.75, 3.05) is 0 Å². The van der Waals surface area contributed by atoms with Gasteiger partial charge < -0.3 is 4.52 Å². The summed E-state index contributed by atoms with van der Waals surface area (Å²) >= 11 is 7.64. The predicted molar refractivity (Wildman–Crippen MR) is 68.1 cm³/mol. The summed E-state index contributed by atoms with van der Waals surface area (Å²) < 4.78 is 5.22. The lowest BCUT2D eigenvalue weighted by Crippen LogP contribution is -1.79. The Bertz CT molecular complexity index is 634. The molecule has 0 bridgehead atoms. The summed E-state index contributed by atoms with van der Waals surface area (Å²) in [5.41, 5.74) is 0.754. The van der Waals surface area contributed by atoms with Gasteiger partial charge in [0.1, 0.15) is 0 Å². The molecule has 0 aliphatic carbocycles. The zero-order valence-corrected chi connectivity index (χ0v) is 10.2. The molecule has 3 rings (SSSR count). The highest BCUT2D eigenvalue weighted by molar-refractivity contribution is 7.13. The first kappa shape index (κ1) is 10.5. The number of thiophene rings is 1. The van der Waals surface area contributed by atoms with Gasteiger partial charge in [-0.15, -0.1) is 11.3 Å². The van der Waals surface area contributed by atoms with E-state index in [-0.39, 0.29) is 0 Å². The van der Waals surface area contributed by atoms with E-state index in [1.165, 1.54) is 0 Å². The van der Waals surface area contributed by atoms with Crippen LogP contribution in [0.5, 0.6) is 0 Å². The summed E-state index contributed by atoms with van der Waals surface area (Å²) in [4.78, 5) is 5.31. The van der Waals surface area contributed by atoms with Crippen molar-refractivity contribution in [2.24, 2.45) is 0 Å². The topological polar surface area (TPSA) is 38.9 Å². The molecule has 1 aromatic carbocycles. The van der Waals surface area contributed by atoms with Gasteiger partial charge in [0.05, 0.1) is 15.5 Å². The largest absolute Gasteiger partial charge is 0.334 e. The van der Waals surface area contributed by atoms with Crippen molar-refractivity contribution >= 4 is 22.9 Å². The normalized spacial score (nSPS) is 10.6. The number of nitrogens with zero attached hydrogens (tertiary/aromatic N) is 2. The van der Waals surface area contributed by atoms with E-state index in [1.54, 1.807) is 17.4 Å². The van der Waals surface area contributed by atoms with E-state index in [0.29, 0.717) is 16.7 Å². The Labute approximate surface area is 107 Å². The summed E-state index contributed by atoms with van der Waals surface area (Å²) in [5.74, 6) is 1.04. The maximum Gasteiger partial charge on any atom is 0.259 e. The van der Waals surface area contributed by atoms with Crippen LogP contribution in [-0.4, -0.2) is 10.1 Å². The third-order valence-corrected chi connectivity index (χ3v) is 3.47. The van der Waals surface area contributed by atoms with Crippen LogP contribution in [0.1, 0.15) is 0 Å². The minimum Gasteiger partial charge on any atom is -0.334 e. The Hall–Kier alpha value is -1.65. The van der Waals surface area contributed by atoms with Crippen LogP contribution in [0, 0.1) is 0 Å². The summed E-state index contributed by atoms with van der Waals surface area (Å²) in [6.45, 7) is 0. The van der Waals surface area contributed by atoms with Gasteiger partial charge in [-0.1, -0.05) is 35.0 Å². The molecule has 0 N–H and O–H groups in total. The van der Waals surface area contributed by atoms with Crippen LogP contribution in [0.4, 0.5) is 0 Å². The van der Waals surface area contributed by atoms with Gasteiger partial charge in [0, 0.05) is 0 Å². The molecule has 5 heteroatoms. The van der Waals surface area contributed by atoms with Crippen molar-refractivity contribution in [3.05, 3.63) is 46.8 Å². The molecule has 17 heavy (non-hydrogen) atoms. The van der Waals surface area contributed by atoms with E-state index >= 15 is 0 Å². The summed E-state index contributed by atoms with van der Waals surface area (Å²) in [6, 6.07) is 11.3. The molecule has 0 unspecified atom stereocenters. The van der Waals surface area contributed by atoms with Gasteiger partial charge in [-0.3, -0.25) is 0 Å². The Balaban J connectivity index is 2.04. The average Bonchev–Trinajstić information content (AvgIpc) is 3.00. The molecule has 0 aliphatic rings. The van der Waals surface area contributed by atoms with Crippen molar-refractivity contribution < 1.29 is 4.52 Å². The molecule has 2 aromatic heterocycles. The van der Waals surface area contributed by atoms with Crippen molar-refractivity contribution in [1.29, 1.82) is 0 Å². The standard InChI is InChI=1S/C12H7ClN2OS/c13-9-5-2-1-4-8(9)12-14-11(15-16-12)10-6-3-7-17-10/h1-7H. The van der Waals surface area contributed by atoms with Crippen LogP contribution >= 0.6 is 22.9 Å². The van der Waals surface area contributed by atoms with Gasteiger partial charge >= 0.3 is 0 Å². The molecule has 0 saturated carbocycles. The van der Waals surface area contributed by atoms with Crippen LogP contribution in [0.3, 0.4) is 0 Å². The molecular formula is C12H7ClN2OS. The van der Waals surface area contributed by atoms with Crippen LogP contribution in [0.2, 0.25) is 5.02 Å². The maximum atomic E-state index is 6.07. The number of hydrogen-bond donors (Lipinski definition) is 0. The molecule has 0 atom stereocenters. The minimum absolute atomic E-state index is 0.444. The molecule has 0 fully saturated rings. The molecule has 0 radical (unpaired) electrons. The van der Waals surface area contributed by atoms with E-state index in [0.717, 1.165) is 10.4 Å².